The van der Waals surface area contributed by atoms with E-state index in [1.807, 2.05) is 13.0 Å². The molecule has 1 heterocycles. The van der Waals surface area contributed by atoms with E-state index in [0.29, 0.717) is 22.8 Å². The molecule has 3 N–H and O–H groups in total. The molecule has 17 heavy (non-hydrogen) atoms. The summed E-state index contributed by atoms with van der Waals surface area (Å²) in [4.78, 5) is 4.10. The van der Waals surface area contributed by atoms with Gasteiger partial charge in [0.05, 0.1) is 11.4 Å². The van der Waals surface area contributed by atoms with Crippen molar-refractivity contribution in [1.82, 2.24) is 4.98 Å². The number of pyridine rings is 1. The molecule has 0 radical (unpaired) electrons. The summed E-state index contributed by atoms with van der Waals surface area (Å²) in [6, 6.07) is 6.97. The SMILES string of the molecule is Cc1ccnc(Nc2cccc(C)c2F)c1N. The fourth-order valence-electron chi connectivity index (χ4n) is 1.54. The minimum Gasteiger partial charge on any atom is -0.396 e. The molecule has 88 valence electrons. The molecule has 0 saturated carbocycles. The quantitative estimate of drug-likeness (QED) is 0.834. The van der Waals surface area contributed by atoms with Crippen LogP contribution in [0, 0.1) is 19.7 Å². The number of nitrogens with two attached hydrogens (primary N) is 1. The van der Waals surface area contributed by atoms with Gasteiger partial charge in [-0.1, -0.05) is 12.1 Å². The van der Waals surface area contributed by atoms with Crippen LogP contribution in [0.4, 0.5) is 21.6 Å². The third kappa shape index (κ3) is 2.20. The molecular formula is C13H14FN3. The van der Waals surface area contributed by atoms with Gasteiger partial charge in [-0.15, -0.1) is 0 Å². The van der Waals surface area contributed by atoms with Gasteiger partial charge in [0.15, 0.2) is 5.82 Å². The van der Waals surface area contributed by atoms with Crippen molar-refractivity contribution < 1.29 is 4.39 Å². The van der Waals surface area contributed by atoms with E-state index in [1.165, 1.54) is 0 Å². The molecule has 4 heteroatoms. The molecule has 0 saturated heterocycles. The van der Waals surface area contributed by atoms with Gasteiger partial charge in [-0.05, 0) is 37.1 Å². The number of nitrogens with one attached hydrogen (secondary N) is 1. The van der Waals surface area contributed by atoms with Crippen LogP contribution in [-0.4, -0.2) is 4.98 Å². The Balaban J connectivity index is 2.38. The predicted octanol–water partition coefficient (Wildman–Crippen LogP) is 3.16. The Labute approximate surface area is 99.5 Å². The second-order valence-electron chi connectivity index (χ2n) is 3.95. The molecule has 0 bridgehead atoms. The lowest BCUT2D eigenvalue weighted by molar-refractivity contribution is 0.622. The van der Waals surface area contributed by atoms with Crippen LogP contribution in [0.25, 0.3) is 0 Å². The number of aromatic nitrogens is 1. The molecule has 0 amide bonds. The van der Waals surface area contributed by atoms with Crippen LogP contribution < -0.4 is 11.1 Å². The topological polar surface area (TPSA) is 50.9 Å². The first-order valence-electron chi connectivity index (χ1n) is 5.33. The molecule has 0 unspecified atom stereocenters. The fourth-order valence-corrected chi connectivity index (χ4v) is 1.54. The molecule has 0 spiro atoms. The number of halogens is 1. The van der Waals surface area contributed by atoms with Gasteiger partial charge in [-0.2, -0.15) is 0 Å². The van der Waals surface area contributed by atoms with Gasteiger partial charge in [0.1, 0.15) is 5.82 Å². The number of nitrogen functional groups attached to an aromatic ring is 1. The zero-order chi connectivity index (χ0) is 12.4. The van der Waals surface area contributed by atoms with E-state index < -0.39 is 0 Å². The monoisotopic (exact) mass is 231 g/mol. The van der Waals surface area contributed by atoms with E-state index in [0.717, 1.165) is 5.56 Å². The van der Waals surface area contributed by atoms with Crippen molar-refractivity contribution >= 4 is 17.2 Å². The minimum absolute atomic E-state index is 0.282. The molecular weight excluding hydrogens is 217 g/mol. The first-order valence-corrected chi connectivity index (χ1v) is 5.33. The highest BCUT2D eigenvalue weighted by molar-refractivity contribution is 5.71. The van der Waals surface area contributed by atoms with Crippen LogP contribution in [0.1, 0.15) is 11.1 Å². The maximum atomic E-state index is 13.8. The number of rotatable bonds is 2. The standard InChI is InChI=1S/C13H14FN3/c1-8-4-3-5-10(11(8)14)17-13-12(15)9(2)6-7-16-13/h3-7H,15H2,1-2H3,(H,16,17). The van der Waals surface area contributed by atoms with Crippen molar-refractivity contribution in [2.45, 2.75) is 13.8 Å². The lowest BCUT2D eigenvalue weighted by Gasteiger charge is -2.11. The van der Waals surface area contributed by atoms with E-state index in [4.69, 9.17) is 5.73 Å². The number of nitrogens with zero attached hydrogens (tertiary/aromatic N) is 1. The van der Waals surface area contributed by atoms with Gasteiger partial charge >= 0.3 is 0 Å². The largest absolute Gasteiger partial charge is 0.396 e. The lowest BCUT2D eigenvalue weighted by Crippen LogP contribution is -2.02. The molecule has 0 atom stereocenters. The summed E-state index contributed by atoms with van der Waals surface area (Å²) in [7, 11) is 0. The maximum absolute atomic E-state index is 13.8. The average Bonchev–Trinajstić information content (AvgIpc) is 2.31. The van der Waals surface area contributed by atoms with Gasteiger partial charge in [-0.25, -0.2) is 9.37 Å². The van der Waals surface area contributed by atoms with Crippen LogP contribution >= 0.6 is 0 Å². The highest BCUT2D eigenvalue weighted by Gasteiger charge is 2.08. The Morgan fingerprint density at radius 1 is 1.18 bits per heavy atom. The Kier molecular flexibility index (Phi) is 2.95. The van der Waals surface area contributed by atoms with E-state index in [9.17, 15) is 4.39 Å². The second-order valence-corrected chi connectivity index (χ2v) is 3.95. The van der Waals surface area contributed by atoms with E-state index in [2.05, 4.69) is 10.3 Å². The van der Waals surface area contributed by atoms with E-state index >= 15 is 0 Å². The third-order valence-corrected chi connectivity index (χ3v) is 2.65. The first-order chi connectivity index (χ1) is 8.09. The molecule has 0 aliphatic carbocycles. The van der Waals surface area contributed by atoms with Crippen LogP contribution in [0.3, 0.4) is 0 Å². The Bertz CT molecular complexity index is 503. The molecule has 0 aliphatic rings. The molecule has 2 aromatic rings. The van der Waals surface area contributed by atoms with Gasteiger partial charge in [0.25, 0.3) is 0 Å². The summed E-state index contributed by atoms with van der Waals surface area (Å²) < 4.78 is 13.8. The zero-order valence-electron chi connectivity index (χ0n) is 9.79. The Hall–Kier alpha value is -2.10. The van der Waals surface area contributed by atoms with Crippen molar-refractivity contribution in [2.75, 3.05) is 11.1 Å². The minimum atomic E-state index is -0.282. The summed E-state index contributed by atoms with van der Waals surface area (Å²) in [6.45, 7) is 3.60. The summed E-state index contributed by atoms with van der Waals surface area (Å²) in [5.74, 6) is 0.199. The highest BCUT2D eigenvalue weighted by Crippen LogP contribution is 2.25. The second kappa shape index (κ2) is 4.41. The maximum Gasteiger partial charge on any atom is 0.153 e. The zero-order valence-corrected chi connectivity index (χ0v) is 9.79. The van der Waals surface area contributed by atoms with Crippen LogP contribution in [0.5, 0.6) is 0 Å². The molecule has 2 rings (SSSR count). The fraction of sp³-hybridized carbons (Fsp3) is 0.154. The van der Waals surface area contributed by atoms with Gasteiger partial charge in [0, 0.05) is 6.20 Å². The van der Waals surface area contributed by atoms with E-state index in [-0.39, 0.29) is 5.82 Å². The van der Waals surface area contributed by atoms with Crippen LogP contribution in [-0.2, 0) is 0 Å². The average molecular weight is 231 g/mol. The number of benzene rings is 1. The molecule has 0 aliphatic heterocycles. The Morgan fingerprint density at radius 3 is 2.71 bits per heavy atom. The van der Waals surface area contributed by atoms with Crippen LogP contribution in [0.15, 0.2) is 30.5 Å². The van der Waals surface area contributed by atoms with Gasteiger partial charge in [-0.3, -0.25) is 0 Å². The summed E-state index contributed by atoms with van der Waals surface area (Å²) in [6.07, 6.45) is 1.64. The van der Waals surface area contributed by atoms with Crippen LogP contribution in [0.2, 0.25) is 0 Å². The molecule has 0 fully saturated rings. The Morgan fingerprint density at radius 2 is 1.94 bits per heavy atom. The summed E-state index contributed by atoms with van der Waals surface area (Å²) >= 11 is 0. The summed E-state index contributed by atoms with van der Waals surface area (Å²) in [5.41, 5.74) is 8.29. The number of aryl methyl sites for hydroxylation is 2. The number of hydrogen-bond donors (Lipinski definition) is 2. The molecule has 1 aromatic carbocycles. The predicted molar refractivity (Wildman–Crippen MR) is 67.8 cm³/mol. The smallest absolute Gasteiger partial charge is 0.153 e. The van der Waals surface area contributed by atoms with Gasteiger partial charge < -0.3 is 11.1 Å². The molecule has 1 aromatic heterocycles. The third-order valence-electron chi connectivity index (χ3n) is 2.65. The van der Waals surface area contributed by atoms with Crippen molar-refractivity contribution in [3.8, 4) is 0 Å². The number of anilines is 3. The highest BCUT2D eigenvalue weighted by atomic mass is 19.1. The first kappa shape index (κ1) is 11.4. The number of hydrogen-bond acceptors (Lipinski definition) is 3. The normalized spacial score (nSPS) is 10.3. The molecule has 3 nitrogen and oxygen atoms in total. The van der Waals surface area contributed by atoms with Crippen molar-refractivity contribution in [3.05, 3.63) is 47.4 Å². The lowest BCUT2D eigenvalue weighted by atomic mass is 10.2. The van der Waals surface area contributed by atoms with Crippen molar-refractivity contribution in [2.24, 2.45) is 0 Å². The van der Waals surface area contributed by atoms with Crippen molar-refractivity contribution in [3.63, 3.8) is 0 Å². The van der Waals surface area contributed by atoms with Crippen molar-refractivity contribution in [1.29, 1.82) is 0 Å². The van der Waals surface area contributed by atoms with Gasteiger partial charge in [0.2, 0.25) is 0 Å². The summed E-state index contributed by atoms with van der Waals surface area (Å²) in [5, 5.41) is 2.91. The van der Waals surface area contributed by atoms with E-state index in [1.54, 1.807) is 31.3 Å².